The predicted octanol–water partition coefficient (Wildman–Crippen LogP) is 1.86. The quantitative estimate of drug-likeness (QED) is 0.625. The lowest BCUT2D eigenvalue weighted by atomic mass is 10.2. The van der Waals surface area contributed by atoms with Gasteiger partial charge in [0.15, 0.2) is 0 Å². The van der Waals surface area contributed by atoms with Crippen LogP contribution in [0.5, 0.6) is 0 Å². The van der Waals surface area contributed by atoms with E-state index in [4.69, 9.17) is 0 Å². The van der Waals surface area contributed by atoms with Gasteiger partial charge in [-0.05, 0) is 47.7 Å². The number of sulfonamides is 1. The number of rotatable bonds is 6. The molecular formula is C20H20N4O4S2. The number of benzene rings is 1. The highest BCUT2D eigenvalue weighted by Gasteiger charge is 2.24. The number of carbonyl (C=O) groups is 1. The van der Waals surface area contributed by atoms with E-state index in [9.17, 15) is 18.0 Å². The van der Waals surface area contributed by atoms with Gasteiger partial charge in [0, 0.05) is 31.8 Å². The Bertz CT molecular complexity index is 1250. The first kappa shape index (κ1) is 20.5. The highest BCUT2D eigenvalue weighted by molar-refractivity contribution is 7.89. The van der Waals surface area contributed by atoms with E-state index in [0.29, 0.717) is 18.7 Å². The van der Waals surface area contributed by atoms with Gasteiger partial charge in [-0.2, -0.15) is 5.10 Å². The second kappa shape index (κ2) is 8.13. The van der Waals surface area contributed by atoms with Crippen molar-refractivity contribution in [1.29, 1.82) is 0 Å². The molecule has 0 radical (unpaired) electrons. The van der Waals surface area contributed by atoms with Gasteiger partial charge in [0.05, 0.1) is 16.3 Å². The molecule has 4 rings (SSSR count). The Morgan fingerprint density at radius 1 is 1.23 bits per heavy atom. The fourth-order valence-corrected chi connectivity index (χ4v) is 5.17. The van der Waals surface area contributed by atoms with Crippen LogP contribution in [0.4, 0.5) is 5.69 Å². The second-order valence-corrected chi connectivity index (χ2v) is 9.58. The van der Waals surface area contributed by atoms with Gasteiger partial charge < -0.3 is 4.90 Å². The average molecular weight is 445 g/mol. The molecule has 1 N–H and O–H groups in total. The minimum absolute atomic E-state index is 0.0276. The zero-order chi connectivity index (χ0) is 21.3. The van der Waals surface area contributed by atoms with E-state index in [1.54, 1.807) is 23.1 Å². The normalized spacial score (nSPS) is 13.4. The molecule has 1 aliphatic heterocycles. The van der Waals surface area contributed by atoms with Crippen LogP contribution < -0.4 is 15.2 Å². The summed E-state index contributed by atoms with van der Waals surface area (Å²) in [6.45, 7) is 2.18. The Balaban J connectivity index is 1.46. The van der Waals surface area contributed by atoms with Crippen molar-refractivity contribution < 1.29 is 13.2 Å². The van der Waals surface area contributed by atoms with Crippen LogP contribution in [-0.4, -0.2) is 37.2 Å². The number of nitrogens with zero attached hydrogens (tertiary/aromatic N) is 3. The molecule has 2 aromatic heterocycles. The maximum Gasteiger partial charge on any atom is 0.266 e. The first-order valence-corrected chi connectivity index (χ1v) is 11.7. The van der Waals surface area contributed by atoms with Crippen molar-refractivity contribution in [3.63, 3.8) is 0 Å². The Morgan fingerprint density at radius 2 is 2.07 bits per heavy atom. The number of hydrogen-bond donors (Lipinski definition) is 1. The zero-order valence-electron chi connectivity index (χ0n) is 16.2. The number of aromatic nitrogens is 2. The van der Waals surface area contributed by atoms with E-state index >= 15 is 0 Å². The molecule has 1 aromatic carbocycles. The number of amides is 1. The largest absolute Gasteiger partial charge is 0.312 e. The van der Waals surface area contributed by atoms with Gasteiger partial charge in [0.1, 0.15) is 5.69 Å². The van der Waals surface area contributed by atoms with Crippen LogP contribution in [0.15, 0.2) is 57.5 Å². The number of carbonyl (C=O) groups excluding carboxylic acids is 1. The molecule has 0 bridgehead atoms. The average Bonchev–Trinajstić information content (AvgIpc) is 3.38. The Labute approximate surface area is 177 Å². The summed E-state index contributed by atoms with van der Waals surface area (Å²) >= 11 is 1.51. The van der Waals surface area contributed by atoms with E-state index in [1.165, 1.54) is 35.1 Å². The first-order valence-electron chi connectivity index (χ1n) is 9.38. The summed E-state index contributed by atoms with van der Waals surface area (Å²) < 4.78 is 29.1. The van der Waals surface area contributed by atoms with Crippen molar-refractivity contribution in [2.45, 2.75) is 24.8 Å². The maximum absolute atomic E-state index is 12.7. The Kier molecular flexibility index (Phi) is 5.54. The molecule has 0 spiro atoms. The molecule has 0 aliphatic carbocycles. The van der Waals surface area contributed by atoms with Crippen LogP contribution >= 0.6 is 11.3 Å². The van der Waals surface area contributed by atoms with Crippen molar-refractivity contribution in [1.82, 2.24) is 14.5 Å². The van der Waals surface area contributed by atoms with Crippen LogP contribution in [-0.2, 0) is 27.8 Å². The lowest BCUT2D eigenvalue weighted by Crippen LogP contribution is -2.32. The molecule has 3 heterocycles. The number of hydrogen-bond acceptors (Lipinski definition) is 6. The fraction of sp³-hybridized carbons (Fsp3) is 0.250. The monoisotopic (exact) mass is 444 g/mol. The molecule has 156 valence electrons. The van der Waals surface area contributed by atoms with Gasteiger partial charge in [-0.1, -0.05) is 6.07 Å². The number of thiophene rings is 1. The highest BCUT2D eigenvalue weighted by atomic mass is 32.2. The van der Waals surface area contributed by atoms with Crippen LogP contribution in [0.3, 0.4) is 0 Å². The molecule has 8 nitrogen and oxygen atoms in total. The SMILES string of the molecule is CC(=O)N1CCc2cc(S(=O)(=O)NCCn3nc(-c4cccs4)ccc3=O)ccc21. The van der Waals surface area contributed by atoms with Gasteiger partial charge in [-0.15, -0.1) is 11.3 Å². The van der Waals surface area contributed by atoms with E-state index in [0.717, 1.165) is 16.1 Å². The van der Waals surface area contributed by atoms with Crippen molar-refractivity contribution >= 4 is 33.0 Å². The maximum atomic E-state index is 12.7. The van der Waals surface area contributed by atoms with Crippen molar-refractivity contribution in [2.75, 3.05) is 18.0 Å². The second-order valence-electron chi connectivity index (χ2n) is 6.87. The third kappa shape index (κ3) is 4.07. The van der Waals surface area contributed by atoms with Crippen molar-refractivity contribution in [3.8, 4) is 10.6 Å². The summed E-state index contributed by atoms with van der Waals surface area (Å²) in [5.41, 5.74) is 1.95. The molecule has 0 unspecified atom stereocenters. The Morgan fingerprint density at radius 3 is 2.80 bits per heavy atom. The summed E-state index contributed by atoms with van der Waals surface area (Å²) in [4.78, 5) is 26.4. The van der Waals surface area contributed by atoms with Gasteiger partial charge in [-0.25, -0.2) is 17.8 Å². The molecule has 3 aromatic rings. The van der Waals surface area contributed by atoms with Gasteiger partial charge in [0.25, 0.3) is 5.56 Å². The summed E-state index contributed by atoms with van der Waals surface area (Å²) in [6, 6.07) is 11.6. The number of fused-ring (bicyclic) bond motifs is 1. The van der Waals surface area contributed by atoms with Crippen molar-refractivity contribution in [3.05, 3.63) is 63.8 Å². The molecule has 10 heteroatoms. The molecule has 0 fully saturated rings. The van der Waals surface area contributed by atoms with Gasteiger partial charge in [-0.3, -0.25) is 9.59 Å². The molecule has 30 heavy (non-hydrogen) atoms. The lowest BCUT2D eigenvalue weighted by Gasteiger charge is -2.15. The van der Waals surface area contributed by atoms with Crippen LogP contribution in [0, 0.1) is 0 Å². The van der Waals surface area contributed by atoms with E-state index in [1.807, 2.05) is 17.5 Å². The van der Waals surface area contributed by atoms with Gasteiger partial charge >= 0.3 is 0 Å². The van der Waals surface area contributed by atoms with Gasteiger partial charge in [0.2, 0.25) is 15.9 Å². The third-order valence-corrected chi connectivity index (χ3v) is 7.24. The first-order chi connectivity index (χ1) is 14.3. The minimum atomic E-state index is -3.75. The van der Waals surface area contributed by atoms with E-state index in [-0.39, 0.29) is 29.5 Å². The minimum Gasteiger partial charge on any atom is -0.312 e. The summed E-state index contributed by atoms with van der Waals surface area (Å²) in [6.07, 6.45) is 0.618. The number of nitrogens with one attached hydrogen (secondary N) is 1. The fourth-order valence-electron chi connectivity index (χ4n) is 3.41. The lowest BCUT2D eigenvalue weighted by molar-refractivity contribution is -0.116. The molecule has 0 saturated heterocycles. The molecule has 1 aliphatic rings. The smallest absolute Gasteiger partial charge is 0.266 e. The molecule has 1 amide bonds. The van der Waals surface area contributed by atoms with Crippen LogP contribution in [0.25, 0.3) is 10.6 Å². The van der Waals surface area contributed by atoms with Crippen molar-refractivity contribution in [2.24, 2.45) is 0 Å². The highest BCUT2D eigenvalue weighted by Crippen LogP contribution is 2.30. The molecule has 0 saturated carbocycles. The zero-order valence-corrected chi connectivity index (χ0v) is 17.9. The standard InChI is InChI=1S/C20H20N4O4S2/c1-14(25)23-10-8-15-13-16(4-6-18(15)23)30(27,28)21-9-11-24-20(26)7-5-17(22-24)19-3-2-12-29-19/h2-7,12-13,21H,8-11H2,1H3. The Hall–Kier alpha value is -2.82. The topological polar surface area (TPSA) is 101 Å². The number of anilines is 1. The summed E-state index contributed by atoms with van der Waals surface area (Å²) in [5.74, 6) is -0.0646. The molecule has 0 atom stereocenters. The van der Waals surface area contributed by atoms with E-state index in [2.05, 4.69) is 9.82 Å². The summed E-state index contributed by atoms with van der Waals surface area (Å²) in [7, 11) is -3.75. The predicted molar refractivity (Wildman–Crippen MR) is 115 cm³/mol. The van der Waals surface area contributed by atoms with E-state index < -0.39 is 10.0 Å². The van der Waals surface area contributed by atoms with Crippen LogP contribution in [0.2, 0.25) is 0 Å². The summed E-state index contributed by atoms with van der Waals surface area (Å²) in [5, 5.41) is 6.24. The molecular weight excluding hydrogens is 424 g/mol. The van der Waals surface area contributed by atoms with Crippen LogP contribution in [0.1, 0.15) is 12.5 Å². The third-order valence-electron chi connectivity index (χ3n) is 4.89.